The van der Waals surface area contributed by atoms with Gasteiger partial charge >= 0.3 is 0 Å². The van der Waals surface area contributed by atoms with E-state index in [1.165, 1.54) is 12.1 Å². The third-order valence-corrected chi connectivity index (χ3v) is 6.68. The summed E-state index contributed by atoms with van der Waals surface area (Å²) in [6.07, 6.45) is 6.14. The Bertz CT molecular complexity index is 1200. The quantitative estimate of drug-likeness (QED) is 0.254. The Balaban J connectivity index is 0.000000612. The fraction of sp³-hybridized carbons (Fsp3) is 0.333. The third kappa shape index (κ3) is 7.76. The summed E-state index contributed by atoms with van der Waals surface area (Å²) in [6.45, 7) is 8.00. The lowest BCUT2D eigenvalue weighted by Gasteiger charge is -2.23. The van der Waals surface area contributed by atoms with Gasteiger partial charge in [-0.15, -0.1) is 0 Å². The Morgan fingerprint density at radius 2 is 1.68 bits per heavy atom. The first-order valence-electron chi connectivity index (χ1n) is 13.0. The van der Waals surface area contributed by atoms with E-state index in [-0.39, 0.29) is 18.1 Å². The summed E-state index contributed by atoms with van der Waals surface area (Å²) in [5.41, 5.74) is 3.35. The Labute approximate surface area is 230 Å². The smallest absolute Gasteiger partial charge is 0.232 e. The topological polar surface area (TPSA) is 81.7 Å². The summed E-state index contributed by atoms with van der Waals surface area (Å²) in [7, 11) is 1.59. The van der Waals surface area contributed by atoms with Crippen molar-refractivity contribution in [1.29, 1.82) is 0 Å². The number of carbonyl (C=O) groups excluding carboxylic acids is 1. The zero-order valence-corrected chi connectivity index (χ0v) is 23.5. The highest BCUT2D eigenvalue weighted by molar-refractivity contribution is 7.96. The second kappa shape index (κ2) is 15.1. The van der Waals surface area contributed by atoms with Gasteiger partial charge in [-0.3, -0.25) is 9.52 Å². The van der Waals surface area contributed by atoms with Gasteiger partial charge in [0.1, 0.15) is 17.6 Å². The highest BCUT2D eigenvalue weighted by Gasteiger charge is 2.27. The van der Waals surface area contributed by atoms with Crippen LogP contribution in [0.15, 0.2) is 72.8 Å². The van der Waals surface area contributed by atoms with Crippen molar-refractivity contribution >= 4 is 18.0 Å². The summed E-state index contributed by atoms with van der Waals surface area (Å²) < 4.78 is 23.5. The first-order valence-corrected chi connectivity index (χ1v) is 13.8. The van der Waals surface area contributed by atoms with Gasteiger partial charge in [-0.05, 0) is 56.0 Å². The van der Waals surface area contributed by atoms with Crippen molar-refractivity contribution in [1.82, 2.24) is 14.4 Å². The van der Waals surface area contributed by atoms with Gasteiger partial charge in [0.2, 0.25) is 17.7 Å². The molecule has 202 valence electrons. The number of hydrogen-bond donors (Lipinski definition) is 2. The summed E-state index contributed by atoms with van der Waals surface area (Å²) in [6, 6.07) is 19.4. The van der Waals surface area contributed by atoms with Gasteiger partial charge in [0, 0.05) is 36.3 Å². The minimum atomic E-state index is -0.0354. The SMILES string of the molecule is C/C=C\C.CC.COc1cccc(Oc2cccc3c2CCC3Oc2ccc(C3CC(=O)NSN3)cc2)n1. The predicted octanol–water partition coefficient (Wildman–Crippen LogP) is 7.27. The van der Waals surface area contributed by atoms with Crippen LogP contribution in [0.4, 0.5) is 0 Å². The Morgan fingerprint density at radius 3 is 2.37 bits per heavy atom. The Hall–Kier alpha value is -3.49. The molecule has 2 N–H and O–H groups in total. The highest BCUT2D eigenvalue weighted by atomic mass is 32.2. The van der Waals surface area contributed by atoms with Gasteiger partial charge in [0.05, 0.1) is 13.2 Å². The van der Waals surface area contributed by atoms with Crippen LogP contribution in [0, 0.1) is 0 Å². The number of carbonyl (C=O) groups is 1. The molecule has 5 rings (SSSR count). The molecule has 1 fully saturated rings. The summed E-state index contributed by atoms with van der Waals surface area (Å²) in [5, 5.41) is 0. The molecule has 1 saturated heterocycles. The van der Waals surface area contributed by atoms with Gasteiger partial charge in [0.15, 0.2) is 0 Å². The van der Waals surface area contributed by atoms with Crippen LogP contribution in [0.25, 0.3) is 0 Å². The number of methoxy groups -OCH3 is 1. The molecular formula is C30H37N3O4S. The molecular weight excluding hydrogens is 498 g/mol. The third-order valence-electron chi connectivity index (χ3n) is 5.94. The number of hydrogen-bond acceptors (Lipinski definition) is 7. The average Bonchev–Trinajstić information content (AvgIpc) is 3.38. The van der Waals surface area contributed by atoms with Crippen LogP contribution in [0.3, 0.4) is 0 Å². The molecule has 1 amide bonds. The van der Waals surface area contributed by atoms with Crippen molar-refractivity contribution in [3.63, 3.8) is 0 Å². The largest absolute Gasteiger partial charge is 0.486 e. The van der Waals surface area contributed by atoms with Crippen molar-refractivity contribution in [2.24, 2.45) is 0 Å². The lowest BCUT2D eigenvalue weighted by molar-refractivity contribution is -0.120. The predicted molar refractivity (Wildman–Crippen MR) is 154 cm³/mol. The van der Waals surface area contributed by atoms with E-state index < -0.39 is 0 Å². The van der Waals surface area contributed by atoms with E-state index in [1.54, 1.807) is 13.2 Å². The minimum Gasteiger partial charge on any atom is -0.486 e. The fourth-order valence-electron chi connectivity index (χ4n) is 4.03. The number of amides is 1. The van der Waals surface area contributed by atoms with Crippen molar-refractivity contribution in [2.75, 3.05) is 7.11 Å². The van der Waals surface area contributed by atoms with Crippen LogP contribution in [-0.4, -0.2) is 18.0 Å². The monoisotopic (exact) mass is 535 g/mol. The van der Waals surface area contributed by atoms with Crippen molar-refractivity contribution < 1.29 is 19.0 Å². The Kier molecular flexibility index (Phi) is 11.5. The molecule has 38 heavy (non-hydrogen) atoms. The molecule has 2 aliphatic rings. The number of ether oxygens (including phenoxy) is 3. The van der Waals surface area contributed by atoms with Crippen molar-refractivity contribution in [3.8, 4) is 23.3 Å². The molecule has 3 aromatic rings. The molecule has 8 heteroatoms. The van der Waals surface area contributed by atoms with Crippen LogP contribution in [-0.2, 0) is 11.2 Å². The van der Waals surface area contributed by atoms with Crippen molar-refractivity contribution in [2.45, 2.75) is 59.1 Å². The van der Waals surface area contributed by atoms with Gasteiger partial charge < -0.3 is 14.2 Å². The molecule has 0 bridgehead atoms. The molecule has 7 nitrogen and oxygen atoms in total. The molecule has 2 unspecified atom stereocenters. The molecule has 1 aliphatic heterocycles. The molecule has 0 saturated carbocycles. The van der Waals surface area contributed by atoms with E-state index in [9.17, 15) is 4.79 Å². The number of fused-ring (bicyclic) bond motifs is 1. The maximum absolute atomic E-state index is 11.6. The molecule has 0 spiro atoms. The van der Waals surface area contributed by atoms with E-state index in [4.69, 9.17) is 14.2 Å². The lowest BCUT2D eigenvalue weighted by Crippen LogP contribution is -2.33. The van der Waals surface area contributed by atoms with Crippen LogP contribution >= 0.6 is 12.1 Å². The van der Waals surface area contributed by atoms with Crippen LogP contribution in [0.1, 0.15) is 69.4 Å². The van der Waals surface area contributed by atoms with E-state index >= 15 is 0 Å². The zero-order chi connectivity index (χ0) is 27.3. The molecule has 1 aromatic heterocycles. The summed E-state index contributed by atoms with van der Waals surface area (Å²) in [5.74, 6) is 2.65. The molecule has 2 aromatic carbocycles. The first-order chi connectivity index (χ1) is 18.6. The number of nitrogens with one attached hydrogen (secondary N) is 2. The molecule has 2 heterocycles. The summed E-state index contributed by atoms with van der Waals surface area (Å²) >= 11 is 1.23. The normalized spacial score (nSPS) is 17.8. The standard InChI is InChI=1S/C24H23N3O4S.C4H8.C2H6/c1-29-23-6-3-7-24(25-23)31-20-5-2-4-17-18(20)12-13-21(17)30-16-10-8-15(9-11-16)19-14-22(28)27-32-26-19;1-3-4-2;1-2/h2-11,19,21,26H,12-14H2,1H3,(H,27,28);3-4H,1-2H3;1-2H3/b;4-3-;. The molecule has 1 aliphatic carbocycles. The first kappa shape index (κ1) is 29.1. The van der Waals surface area contributed by atoms with Crippen LogP contribution in [0.5, 0.6) is 23.3 Å². The second-order valence-corrected chi connectivity index (χ2v) is 8.97. The van der Waals surface area contributed by atoms with Crippen molar-refractivity contribution in [3.05, 3.63) is 89.5 Å². The van der Waals surface area contributed by atoms with Gasteiger partial charge in [-0.1, -0.05) is 56.3 Å². The maximum Gasteiger partial charge on any atom is 0.232 e. The summed E-state index contributed by atoms with van der Waals surface area (Å²) in [4.78, 5) is 16.0. The second-order valence-electron chi connectivity index (χ2n) is 8.33. The van der Waals surface area contributed by atoms with E-state index in [2.05, 4.69) is 20.5 Å². The number of rotatable bonds is 6. The van der Waals surface area contributed by atoms with E-state index in [0.29, 0.717) is 18.2 Å². The van der Waals surface area contributed by atoms with Gasteiger partial charge in [-0.25, -0.2) is 4.72 Å². The van der Waals surface area contributed by atoms with Gasteiger partial charge in [-0.2, -0.15) is 4.98 Å². The Morgan fingerprint density at radius 1 is 0.974 bits per heavy atom. The number of benzene rings is 2. The number of nitrogens with zero attached hydrogens (tertiary/aromatic N) is 1. The zero-order valence-electron chi connectivity index (χ0n) is 22.7. The van der Waals surface area contributed by atoms with Crippen LogP contribution < -0.4 is 23.7 Å². The minimum absolute atomic E-state index is 0.0000614. The highest BCUT2D eigenvalue weighted by Crippen LogP contribution is 2.41. The van der Waals surface area contributed by atoms with Gasteiger partial charge in [0.25, 0.3) is 0 Å². The van der Waals surface area contributed by atoms with E-state index in [0.717, 1.165) is 41.0 Å². The number of aromatic nitrogens is 1. The molecule has 0 radical (unpaired) electrons. The van der Waals surface area contributed by atoms with E-state index in [1.807, 2.05) is 88.4 Å². The fourth-order valence-corrected chi connectivity index (χ4v) is 4.65. The number of allylic oxidation sites excluding steroid dienone is 2. The number of pyridine rings is 1. The van der Waals surface area contributed by atoms with Crippen LogP contribution in [0.2, 0.25) is 0 Å². The molecule has 2 atom stereocenters. The maximum atomic E-state index is 11.6. The average molecular weight is 536 g/mol. The lowest BCUT2D eigenvalue weighted by atomic mass is 10.0.